The maximum Gasteiger partial charge on any atom is 0.191 e. The zero-order chi connectivity index (χ0) is 22.8. The normalized spacial score (nSPS) is 18.7. The molecule has 0 aromatic heterocycles. The SMILES string of the molecule is CN=C(NCCOc1ccc(OC)cc1)NCC1CCCN(C)C1c1ccc(OC)cc1.I. The molecule has 1 saturated heterocycles. The summed E-state index contributed by atoms with van der Waals surface area (Å²) in [5, 5.41) is 6.85. The van der Waals surface area contributed by atoms with E-state index in [9.17, 15) is 0 Å². The zero-order valence-electron chi connectivity index (χ0n) is 20.0. The lowest BCUT2D eigenvalue weighted by Crippen LogP contribution is -2.45. The van der Waals surface area contributed by atoms with Crippen molar-refractivity contribution < 1.29 is 14.2 Å². The first kappa shape index (κ1) is 27.0. The van der Waals surface area contributed by atoms with Crippen LogP contribution in [-0.2, 0) is 0 Å². The number of aliphatic imine (C=N–C) groups is 1. The van der Waals surface area contributed by atoms with Gasteiger partial charge in [-0.15, -0.1) is 24.0 Å². The number of nitrogens with zero attached hydrogens (tertiary/aromatic N) is 2. The fraction of sp³-hybridized carbons (Fsp3) is 0.480. The molecule has 33 heavy (non-hydrogen) atoms. The van der Waals surface area contributed by atoms with Crippen LogP contribution in [0.5, 0.6) is 17.2 Å². The second-order valence-electron chi connectivity index (χ2n) is 8.00. The molecule has 2 atom stereocenters. The molecular weight excluding hydrogens is 531 g/mol. The smallest absolute Gasteiger partial charge is 0.191 e. The van der Waals surface area contributed by atoms with Gasteiger partial charge in [0.1, 0.15) is 23.9 Å². The highest BCUT2D eigenvalue weighted by atomic mass is 127. The van der Waals surface area contributed by atoms with Crippen LogP contribution in [0.3, 0.4) is 0 Å². The molecule has 1 heterocycles. The van der Waals surface area contributed by atoms with E-state index in [-0.39, 0.29) is 24.0 Å². The Morgan fingerprint density at radius 2 is 1.58 bits per heavy atom. The third-order valence-corrected chi connectivity index (χ3v) is 5.94. The average molecular weight is 569 g/mol. The number of nitrogens with one attached hydrogen (secondary N) is 2. The molecule has 2 aromatic rings. The van der Waals surface area contributed by atoms with Gasteiger partial charge >= 0.3 is 0 Å². The molecule has 1 fully saturated rings. The van der Waals surface area contributed by atoms with Crippen LogP contribution in [0.15, 0.2) is 53.5 Å². The minimum atomic E-state index is 0. The number of hydrogen-bond donors (Lipinski definition) is 2. The second-order valence-corrected chi connectivity index (χ2v) is 8.00. The Labute approximate surface area is 214 Å². The van der Waals surface area contributed by atoms with E-state index < -0.39 is 0 Å². The van der Waals surface area contributed by atoms with Gasteiger partial charge in [-0.1, -0.05) is 12.1 Å². The third-order valence-electron chi connectivity index (χ3n) is 5.94. The largest absolute Gasteiger partial charge is 0.497 e. The van der Waals surface area contributed by atoms with Crippen LogP contribution >= 0.6 is 24.0 Å². The van der Waals surface area contributed by atoms with Gasteiger partial charge in [-0.25, -0.2) is 0 Å². The third kappa shape index (κ3) is 7.96. The standard InChI is InChI=1S/C25H36N4O3.HI/c1-26-25(27-15-17-32-23-13-11-22(31-4)12-14-23)28-18-20-6-5-16-29(2)24(20)19-7-9-21(30-3)10-8-19;/h7-14,20,24H,5-6,15-18H2,1-4H3,(H2,26,27,28);1H. The van der Waals surface area contributed by atoms with Gasteiger partial charge in [0, 0.05) is 19.6 Å². The molecule has 2 aromatic carbocycles. The van der Waals surface area contributed by atoms with Gasteiger partial charge in [-0.3, -0.25) is 9.89 Å². The Kier molecular flexibility index (Phi) is 11.6. The summed E-state index contributed by atoms with van der Waals surface area (Å²) in [6.45, 7) is 3.19. The zero-order valence-corrected chi connectivity index (χ0v) is 22.4. The summed E-state index contributed by atoms with van der Waals surface area (Å²) in [6, 6.07) is 16.4. The van der Waals surface area contributed by atoms with Crippen LogP contribution in [0.1, 0.15) is 24.4 Å². The molecular formula is C25H37IN4O3. The first-order valence-electron chi connectivity index (χ1n) is 11.2. The van der Waals surface area contributed by atoms with E-state index in [1.54, 1.807) is 21.3 Å². The van der Waals surface area contributed by atoms with Crippen molar-refractivity contribution in [3.63, 3.8) is 0 Å². The number of hydrogen-bond acceptors (Lipinski definition) is 5. The van der Waals surface area contributed by atoms with Crippen molar-refractivity contribution in [1.29, 1.82) is 0 Å². The fourth-order valence-corrected chi connectivity index (χ4v) is 4.26. The highest BCUT2D eigenvalue weighted by Crippen LogP contribution is 2.35. The minimum Gasteiger partial charge on any atom is -0.497 e. The molecule has 2 N–H and O–H groups in total. The summed E-state index contributed by atoms with van der Waals surface area (Å²) >= 11 is 0. The van der Waals surface area contributed by atoms with Crippen molar-refractivity contribution in [2.45, 2.75) is 18.9 Å². The van der Waals surface area contributed by atoms with Crippen LogP contribution in [0, 0.1) is 5.92 Å². The molecule has 7 nitrogen and oxygen atoms in total. The Hall–Kier alpha value is -2.20. The van der Waals surface area contributed by atoms with E-state index in [1.165, 1.54) is 18.4 Å². The number of likely N-dealkylation sites (tertiary alicyclic amines) is 1. The lowest BCUT2D eigenvalue weighted by molar-refractivity contribution is 0.122. The Morgan fingerprint density at radius 3 is 2.18 bits per heavy atom. The van der Waals surface area contributed by atoms with Crippen LogP contribution < -0.4 is 24.8 Å². The van der Waals surface area contributed by atoms with Crippen molar-refractivity contribution in [1.82, 2.24) is 15.5 Å². The lowest BCUT2D eigenvalue weighted by Gasteiger charge is -2.40. The summed E-state index contributed by atoms with van der Waals surface area (Å²) in [7, 11) is 7.37. The van der Waals surface area contributed by atoms with Crippen molar-refractivity contribution in [3.05, 3.63) is 54.1 Å². The van der Waals surface area contributed by atoms with Gasteiger partial charge in [0.2, 0.25) is 0 Å². The van der Waals surface area contributed by atoms with Crippen molar-refractivity contribution in [2.75, 3.05) is 54.6 Å². The molecule has 0 radical (unpaired) electrons. The predicted octanol–water partition coefficient (Wildman–Crippen LogP) is 3.95. The summed E-state index contributed by atoms with van der Waals surface area (Å²) in [4.78, 5) is 6.83. The number of rotatable bonds is 9. The van der Waals surface area contributed by atoms with E-state index in [0.29, 0.717) is 25.1 Å². The van der Waals surface area contributed by atoms with E-state index in [1.807, 2.05) is 36.4 Å². The maximum atomic E-state index is 5.78. The van der Waals surface area contributed by atoms with Crippen molar-refractivity contribution in [2.24, 2.45) is 10.9 Å². The van der Waals surface area contributed by atoms with Gasteiger partial charge in [0.25, 0.3) is 0 Å². The topological polar surface area (TPSA) is 67.4 Å². The van der Waals surface area contributed by atoms with Gasteiger partial charge < -0.3 is 24.8 Å². The Balaban J connectivity index is 0.00000385. The van der Waals surface area contributed by atoms with E-state index >= 15 is 0 Å². The molecule has 1 aliphatic rings. The molecule has 2 unspecified atom stereocenters. The highest BCUT2D eigenvalue weighted by molar-refractivity contribution is 14.0. The molecule has 1 aliphatic heterocycles. The molecule has 0 amide bonds. The number of piperidine rings is 1. The summed E-state index contributed by atoms with van der Waals surface area (Å²) in [5.41, 5.74) is 1.33. The fourth-order valence-electron chi connectivity index (χ4n) is 4.26. The number of benzene rings is 2. The van der Waals surface area contributed by atoms with Crippen molar-refractivity contribution >= 4 is 29.9 Å². The molecule has 0 aliphatic carbocycles. The lowest BCUT2D eigenvalue weighted by atomic mass is 9.85. The average Bonchev–Trinajstić information content (AvgIpc) is 2.84. The number of methoxy groups -OCH3 is 2. The van der Waals surface area contributed by atoms with Gasteiger partial charge in [-0.05, 0) is 74.3 Å². The van der Waals surface area contributed by atoms with E-state index in [2.05, 4.69) is 39.7 Å². The molecule has 3 rings (SSSR count). The molecule has 8 heteroatoms. The highest BCUT2D eigenvalue weighted by Gasteiger charge is 2.30. The summed E-state index contributed by atoms with van der Waals surface area (Å²) in [5.74, 6) is 3.83. The first-order valence-corrected chi connectivity index (χ1v) is 11.2. The number of guanidine groups is 1. The number of halogens is 1. The molecule has 0 bridgehead atoms. The number of ether oxygens (including phenoxy) is 3. The quantitative estimate of drug-likeness (QED) is 0.207. The second kappa shape index (κ2) is 14.1. The van der Waals surface area contributed by atoms with Crippen LogP contribution in [0.25, 0.3) is 0 Å². The summed E-state index contributed by atoms with van der Waals surface area (Å²) in [6.07, 6.45) is 2.39. The van der Waals surface area contributed by atoms with Crippen LogP contribution in [-0.4, -0.2) is 65.4 Å². The van der Waals surface area contributed by atoms with E-state index in [0.717, 1.165) is 36.3 Å². The Bertz CT molecular complexity index is 846. The van der Waals surface area contributed by atoms with Gasteiger partial charge in [0.05, 0.1) is 20.8 Å². The van der Waals surface area contributed by atoms with Crippen LogP contribution in [0.4, 0.5) is 0 Å². The molecule has 0 spiro atoms. The Morgan fingerprint density at radius 1 is 0.970 bits per heavy atom. The van der Waals surface area contributed by atoms with Gasteiger partial charge in [-0.2, -0.15) is 0 Å². The predicted molar refractivity (Wildman–Crippen MR) is 144 cm³/mol. The maximum absolute atomic E-state index is 5.78. The van der Waals surface area contributed by atoms with E-state index in [4.69, 9.17) is 14.2 Å². The molecule has 0 saturated carbocycles. The minimum absolute atomic E-state index is 0. The summed E-state index contributed by atoms with van der Waals surface area (Å²) < 4.78 is 16.3. The first-order chi connectivity index (χ1) is 15.6. The monoisotopic (exact) mass is 568 g/mol. The van der Waals surface area contributed by atoms with Gasteiger partial charge in [0.15, 0.2) is 5.96 Å². The van der Waals surface area contributed by atoms with Crippen molar-refractivity contribution in [3.8, 4) is 17.2 Å². The molecule has 182 valence electrons. The van der Waals surface area contributed by atoms with Crippen LogP contribution in [0.2, 0.25) is 0 Å².